The van der Waals surface area contributed by atoms with Crippen LogP contribution in [0.4, 0.5) is 5.69 Å². The van der Waals surface area contributed by atoms with Gasteiger partial charge in [0, 0.05) is 29.0 Å². The third kappa shape index (κ3) is 7.31. The van der Waals surface area contributed by atoms with Crippen molar-refractivity contribution in [3.8, 4) is 0 Å². The fourth-order valence-electron chi connectivity index (χ4n) is 3.32. The van der Waals surface area contributed by atoms with Crippen molar-refractivity contribution in [3.05, 3.63) is 58.6 Å². The molecule has 1 heterocycles. The van der Waals surface area contributed by atoms with Crippen molar-refractivity contribution < 1.29 is 14.3 Å². The van der Waals surface area contributed by atoms with Gasteiger partial charge in [0.1, 0.15) is 6.42 Å². The molecule has 0 spiro atoms. The van der Waals surface area contributed by atoms with E-state index < -0.39 is 5.91 Å². The second kappa shape index (κ2) is 11.8. The Morgan fingerprint density at radius 3 is 2.50 bits per heavy atom. The van der Waals surface area contributed by atoms with Crippen LogP contribution in [0.3, 0.4) is 0 Å². The van der Waals surface area contributed by atoms with Gasteiger partial charge in [-0.3, -0.25) is 9.59 Å². The van der Waals surface area contributed by atoms with Crippen LogP contribution in [0.15, 0.2) is 47.4 Å². The number of carbonyl (C=O) groups is 2. The van der Waals surface area contributed by atoms with Crippen molar-refractivity contribution >= 4 is 55.6 Å². The van der Waals surface area contributed by atoms with E-state index in [9.17, 15) is 9.59 Å². The summed E-state index contributed by atoms with van der Waals surface area (Å²) in [6.45, 7) is 3.44. The maximum absolute atomic E-state index is 12.3. The topological polar surface area (TPSA) is 91.3 Å². The van der Waals surface area contributed by atoms with Gasteiger partial charge in [0.05, 0.1) is 16.5 Å². The highest BCUT2D eigenvalue weighted by molar-refractivity contribution is 8.00. The van der Waals surface area contributed by atoms with Crippen LogP contribution >= 0.6 is 32.6 Å². The molecule has 3 rings (SSSR count). The summed E-state index contributed by atoms with van der Waals surface area (Å²) in [5.41, 5.74) is 2.58. The van der Waals surface area contributed by atoms with Crippen molar-refractivity contribution in [2.45, 2.75) is 42.4 Å². The molecule has 0 radical (unpaired) electrons. The molecule has 2 aromatic rings. The first kappa shape index (κ1) is 24.7. The highest BCUT2D eigenvalue weighted by atomic mass is 35.5. The van der Waals surface area contributed by atoms with Crippen molar-refractivity contribution in [1.29, 1.82) is 5.41 Å². The molecular weight excluding hydrogens is 465 g/mol. The van der Waals surface area contributed by atoms with Gasteiger partial charge in [-0.2, -0.15) is 0 Å². The van der Waals surface area contributed by atoms with Crippen molar-refractivity contribution in [1.82, 2.24) is 5.32 Å². The summed E-state index contributed by atoms with van der Waals surface area (Å²) < 4.78 is 5.41. The van der Waals surface area contributed by atoms with E-state index in [0.717, 1.165) is 42.1 Å². The lowest BCUT2D eigenvalue weighted by atomic mass is 10.1. The van der Waals surface area contributed by atoms with Crippen molar-refractivity contribution in [3.63, 3.8) is 0 Å². The Balaban J connectivity index is 1.50. The minimum absolute atomic E-state index is 0.276. The van der Waals surface area contributed by atoms with Gasteiger partial charge >= 0.3 is 0 Å². The SMILES string of the molecule is CC(NC(=O)CC(=O)Nc1ccc(C(=N)P)cc1)c1ccc(SC2CCOCC2)c(Cl)c1. The van der Waals surface area contributed by atoms with E-state index >= 15 is 0 Å². The molecule has 9 heteroatoms. The molecule has 0 saturated carbocycles. The maximum atomic E-state index is 12.3. The number of amides is 2. The molecule has 0 bridgehead atoms. The van der Waals surface area contributed by atoms with E-state index in [-0.39, 0.29) is 18.4 Å². The van der Waals surface area contributed by atoms with E-state index in [1.807, 2.05) is 25.1 Å². The Labute approximate surface area is 199 Å². The Morgan fingerprint density at radius 2 is 1.88 bits per heavy atom. The Hall–Kier alpha value is -1.92. The lowest BCUT2D eigenvalue weighted by Gasteiger charge is -2.22. The smallest absolute Gasteiger partial charge is 0.233 e. The van der Waals surface area contributed by atoms with E-state index in [4.69, 9.17) is 21.7 Å². The van der Waals surface area contributed by atoms with Gasteiger partial charge in [0.2, 0.25) is 11.8 Å². The molecule has 2 unspecified atom stereocenters. The van der Waals surface area contributed by atoms with Crippen molar-refractivity contribution in [2.24, 2.45) is 0 Å². The largest absolute Gasteiger partial charge is 0.381 e. The molecule has 1 fully saturated rings. The van der Waals surface area contributed by atoms with Gasteiger partial charge < -0.3 is 20.8 Å². The van der Waals surface area contributed by atoms with Gasteiger partial charge in [-0.05, 0) is 55.2 Å². The zero-order chi connectivity index (χ0) is 23.1. The number of benzene rings is 2. The van der Waals surface area contributed by atoms with E-state index in [1.165, 1.54) is 0 Å². The van der Waals surface area contributed by atoms with Crippen LogP contribution < -0.4 is 10.6 Å². The molecule has 170 valence electrons. The monoisotopic (exact) mass is 491 g/mol. The van der Waals surface area contributed by atoms with Gasteiger partial charge in [0.15, 0.2) is 0 Å². The van der Waals surface area contributed by atoms with Crippen LogP contribution in [0.2, 0.25) is 5.02 Å². The molecule has 1 aliphatic heterocycles. The zero-order valence-electron chi connectivity index (χ0n) is 17.8. The molecule has 32 heavy (non-hydrogen) atoms. The average Bonchev–Trinajstić information content (AvgIpc) is 2.76. The number of anilines is 1. The fourth-order valence-corrected chi connectivity index (χ4v) is 4.94. The summed E-state index contributed by atoms with van der Waals surface area (Å²) in [6, 6.07) is 12.4. The number of ether oxygens (including phenoxy) is 1. The number of halogens is 1. The molecule has 2 atom stereocenters. The summed E-state index contributed by atoms with van der Waals surface area (Å²) in [4.78, 5) is 25.6. The first-order chi connectivity index (χ1) is 15.3. The van der Waals surface area contributed by atoms with Gasteiger partial charge in [-0.15, -0.1) is 11.8 Å². The number of hydrogen-bond donors (Lipinski definition) is 3. The summed E-state index contributed by atoms with van der Waals surface area (Å²) in [5, 5.41) is 14.3. The summed E-state index contributed by atoms with van der Waals surface area (Å²) >= 11 is 8.26. The molecule has 0 aromatic heterocycles. The first-order valence-corrected chi connectivity index (χ1v) is 12.2. The summed E-state index contributed by atoms with van der Waals surface area (Å²) in [6.07, 6.45) is 1.75. The molecule has 2 aromatic carbocycles. The Kier molecular flexibility index (Phi) is 9.11. The third-order valence-corrected chi connectivity index (χ3v) is 7.27. The lowest BCUT2D eigenvalue weighted by Crippen LogP contribution is -2.30. The summed E-state index contributed by atoms with van der Waals surface area (Å²) in [7, 11) is 2.32. The van der Waals surface area contributed by atoms with Crippen LogP contribution in [0.1, 0.15) is 43.4 Å². The minimum atomic E-state index is -0.398. The number of thioether (sulfide) groups is 1. The number of nitrogens with one attached hydrogen (secondary N) is 3. The van der Waals surface area contributed by atoms with Gasteiger partial charge in [0.25, 0.3) is 0 Å². The van der Waals surface area contributed by atoms with Crippen molar-refractivity contribution in [2.75, 3.05) is 18.5 Å². The van der Waals surface area contributed by atoms with Crippen LogP contribution in [-0.4, -0.2) is 35.7 Å². The Bertz CT molecular complexity index is 981. The second-order valence-electron chi connectivity index (χ2n) is 7.62. The molecule has 1 aliphatic rings. The molecule has 6 nitrogen and oxygen atoms in total. The predicted octanol–water partition coefficient (Wildman–Crippen LogP) is 5.02. The molecular formula is C23H27ClN3O3PS. The Morgan fingerprint density at radius 1 is 1.19 bits per heavy atom. The van der Waals surface area contributed by atoms with Gasteiger partial charge in [-0.1, -0.05) is 39.0 Å². The molecule has 0 aliphatic carbocycles. The molecule has 1 saturated heterocycles. The quantitative estimate of drug-likeness (QED) is 0.275. The second-order valence-corrected chi connectivity index (χ2v) is 9.95. The highest BCUT2D eigenvalue weighted by Gasteiger charge is 2.18. The van der Waals surface area contributed by atoms with Gasteiger partial charge in [-0.25, -0.2) is 0 Å². The maximum Gasteiger partial charge on any atom is 0.233 e. The number of carbonyl (C=O) groups excluding carboxylic acids is 2. The van der Waals surface area contributed by atoms with Crippen LogP contribution in [0.25, 0.3) is 0 Å². The van der Waals surface area contributed by atoms with E-state index in [1.54, 1.807) is 36.0 Å². The zero-order valence-corrected chi connectivity index (χ0v) is 20.5. The lowest BCUT2D eigenvalue weighted by molar-refractivity contribution is -0.127. The summed E-state index contributed by atoms with van der Waals surface area (Å²) in [5.74, 6) is -0.764. The molecule has 2 amide bonds. The van der Waals surface area contributed by atoms with Crippen LogP contribution in [-0.2, 0) is 14.3 Å². The number of hydrogen-bond acceptors (Lipinski definition) is 5. The third-order valence-electron chi connectivity index (χ3n) is 5.10. The first-order valence-electron chi connectivity index (χ1n) is 10.4. The predicted molar refractivity (Wildman–Crippen MR) is 134 cm³/mol. The normalized spacial score (nSPS) is 15.1. The van der Waals surface area contributed by atoms with Crippen LogP contribution in [0.5, 0.6) is 0 Å². The fraction of sp³-hybridized carbons (Fsp3) is 0.348. The molecule has 3 N–H and O–H groups in total. The van der Waals surface area contributed by atoms with E-state index in [2.05, 4.69) is 19.9 Å². The standard InChI is InChI=1S/C23H27ClN3O3PS/c1-14(16-4-7-20(19(24)12-16)32-18-8-10-30-11-9-18)26-21(28)13-22(29)27-17-5-2-15(3-6-17)23(25)31/h2-7,12,14,18,25H,8-11,13,31H2,1H3,(H,26,28)(H,27,29). The van der Waals surface area contributed by atoms with Crippen LogP contribution in [0, 0.1) is 5.41 Å². The minimum Gasteiger partial charge on any atom is -0.381 e. The van der Waals surface area contributed by atoms with E-state index in [0.29, 0.717) is 21.4 Å². The highest BCUT2D eigenvalue weighted by Crippen LogP contribution is 2.35. The number of rotatable bonds is 8. The average molecular weight is 492 g/mol.